The molecule has 0 bridgehead atoms. The molecule has 0 spiro atoms. The van der Waals surface area contributed by atoms with Crippen molar-refractivity contribution in [2.45, 2.75) is 37.3 Å². The largest absolute Gasteiger partial charge is 0.368 e. The predicted octanol–water partition coefficient (Wildman–Crippen LogP) is 1.83. The lowest BCUT2D eigenvalue weighted by Crippen LogP contribution is -2.52. The Morgan fingerprint density at radius 2 is 2.24 bits per heavy atom. The van der Waals surface area contributed by atoms with Crippen LogP contribution in [0.1, 0.15) is 30.4 Å². The van der Waals surface area contributed by atoms with Gasteiger partial charge in [-0.15, -0.1) is 0 Å². The highest BCUT2D eigenvalue weighted by atomic mass is 79.9. The van der Waals surface area contributed by atoms with Crippen molar-refractivity contribution in [1.29, 1.82) is 0 Å². The van der Waals surface area contributed by atoms with Gasteiger partial charge in [0.1, 0.15) is 5.54 Å². The number of carbonyl (C=O) groups excluding carboxylic acids is 1. The van der Waals surface area contributed by atoms with E-state index in [1.54, 1.807) is 0 Å². The first-order chi connectivity index (χ1) is 8.12. The fourth-order valence-corrected chi connectivity index (χ4v) is 3.10. The summed E-state index contributed by atoms with van der Waals surface area (Å²) in [6, 6.07) is 6.56. The summed E-state index contributed by atoms with van der Waals surface area (Å²) in [6.07, 6.45) is 4.00. The molecule has 3 N–H and O–H groups in total. The molecule has 4 heteroatoms. The fraction of sp³-hybridized carbons (Fsp3) is 0.462. The third-order valence-electron chi connectivity index (χ3n) is 3.74. The number of primary amides is 1. The van der Waals surface area contributed by atoms with E-state index in [0.29, 0.717) is 6.04 Å². The summed E-state index contributed by atoms with van der Waals surface area (Å²) in [5.74, 6) is -0.245. The van der Waals surface area contributed by atoms with E-state index < -0.39 is 5.54 Å². The van der Waals surface area contributed by atoms with Crippen LogP contribution in [-0.2, 0) is 16.8 Å². The monoisotopic (exact) mass is 294 g/mol. The number of benzene rings is 1. The molecule has 90 valence electrons. The number of nitrogens with two attached hydrogens (primary N) is 1. The smallest absolute Gasteiger partial charge is 0.242 e. The molecule has 1 atom stereocenters. The van der Waals surface area contributed by atoms with Crippen molar-refractivity contribution in [2.75, 3.05) is 0 Å². The Labute approximate surface area is 109 Å². The number of rotatable bonds is 3. The van der Waals surface area contributed by atoms with E-state index in [-0.39, 0.29) is 5.91 Å². The van der Waals surface area contributed by atoms with E-state index >= 15 is 0 Å². The minimum absolute atomic E-state index is 0.245. The van der Waals surface area contributed by atoms with Crippen molar-refractivity contribution in [3.63, 3.8) is 0 Å². The van der Waals surface area contributed by atoms with Gasteiger partial charge in [0.25, 0.3) is 0 Å². The van der Waals surface area contributed by atoms with Crippen molar-refractivity contribution in [3.05, 3.63) is 33.8 Å². The quantitative estimate of drug-likeness (QED) is 0.894. The Hall–Kier alpha value is -0.870. The standard InChI is InChI=1S/C13H15BrN2O/c14-9-1-4-11-8(7-9)5-6-13(11,12(15)17)16-10-2-3-10/h1,4,7,10,16H,2-3,5-6H2,(H2,15,17). The average molecular weight is 295 g/mol. The van der Waals surface area contributed by atoms with Gasteiger partial charge in [-0.1, -0.05) is 22.0 Å². The summed E-state index contributed by atoms with van der Waals surface area (Å²) in [6.45, 7) is 0. The van der Waals surface area contributed by atoms with Gasteiger partial charge in [-0.05, 0) is 48.9 Å². The van der Waals surface area contributed by atoms with Gasteiger partial charge in [0.15, 0.2) is 0 Å². The summed E-state index contributed by atoms with van der Waals surface area (Å²) in [5.41, 5.74) is 7.32. The summed E-state index contributed by atoms with van der Waals surface area (Å²) >= 11 is 3.47. The lowest BCUT2D eigenvalue weighted by atomic mass is 9.91. The molecule has 17 heavy (non-hydrogen) atoms. The lowest BCUT2D eigenvalue weighted by Gasteiger charge is -2.28. The molecule has 1 saturated carbocycles. The maximum absolute atomic E-state index is 11.9. The number of nitrogens with one attached hydrogen (secondary N) is 1. The number of carbonyl (C=O) groups is 1. The van der Waals surface area contributed by atoms with E-state index in [9.17, 15) is 4.79 Å². The number of halogens is 1. The molecule has 1 unspecified atom stereocenters. The van der Waals surface area contributed by atoms with Gasteiger partial charge in [0.2, 0.25) is 5.91 Å². The molecule has 1 amide bonds. The minimum Gasteiger partial charge on any atom is -0.368 e. The zero-order chi connectivity index (χ0) is 12.0. The molecule has 1 aromatic rings. The summed E-state index contributed by atoms with van der Waals surface area (Å²) < 4.78 is 1.06. The van der Waals surface area contributed by atoms with Gasteiger partial charge in [-0.3, -0.25) is 10.1 Å². The summed E-state index contributed by atoms with van der Waals surface area (Å²) in [5, 5.41) is 3.45. The molecule has 0 heterocycles. The molecule has 1 aromatic carbocycles. The highest BCUT2D eigenvalue weighted by Gasteiger charge is 2.46. The van der Waals surface area contributed by atoms with Crippen LogP contribution in [0.15, 0.2) is 22.7 Å². The molecule has 0 aliphatic heterocycles. The number of hydrogen-bond acceptors (Lipinski definition) is 2. The predicted molar refractivity (Wildman–Crippen MR) is 69.5 cm³/mol. The van der Waals surface area contributed by atoms with Crippen LogP contribution in [0.3, 0.4) is 0 Å². The summed E-state index contributed by atoms with van der Waals surface area (Å²) in [4.78, 5) is 11.9. The average Bonchev–Trinajstić information content (AvgIpc) is 3.01. The van der Waals surface area contributed by atoms with E-state index in [1.165, 1.54) is 5.56 Å². The van der Waals surface area contributed by atoms with Crippen LogP contribution in [-0.4, -0.2) is 11.9 Å². The second kappa shape index (κ2) is 3.82. The normalized spacial score (nSPS) is 26.9. The van der Waals surface area contributed by atoms with Crippen LogP contribution in [0.2, 0.25) is 0 Å². The van der Waals surface area contributed by atoms with Gasteiger partial charge < -0.3 is 5.73 Å². The maximum Gasteiger partial charge on any atom is 0.242 e. The Kier molecular flexibility index (Phi) is 2.52. The Balaban J connectivity index is 2.04. The van der Waals surface area contributed by atoms with Gasteiger partial charge in [-0.2, -0.15) is 0 Å². The van der Waals surface area contributed by atoms with Crippen LogP contribution >= 0.6 is 15.9 Å². The number of amides is 1. The third-order valence-corrected chi connectivity index (χ3v) is 4.24. The SMILES string of the molecule is NC(=O)C1(NC2CC2)CCc2cc(Br)ccc21. The number of fused-ring (bicyclic) bond motifs is 1. The number of hydrogen-bond donors (Lipinski definition) is 2. The highest BCUT2D eigenvalue weighted by Crippen LogP contribution is 2.40. The van der Waals surface area contributed by atoms with Gasteiger partial charge in [-0.25, -0.2) is 0 Å². The van der Waals surface area contributed by atoms with Crippen LogP contribution in [0, 0.1) is 0 Å². The van der Waals surface area contributed by atoms with E-state index in [1.807, 2.05) is 12.1 Å². The second-order valence-corrected chi connectivity index (χ2v) is 5.91. The Bertz CT molecular complexity index is 484. The lowest BCUT2D eigenvalue weighted by molar-refractivity contribution is -0.124. The first kappa shape index (κ1) is 11.2. The molecule has 1 fully saturated rings. The second-order valence-electron chi connectivity index (χ2n) is 4.99. The molecular weight excluding hydrogens is 280 g/mol. The molecule has 2 aliphatic rings. The van der Waals surface area contributed by atoms with Crippen molar-refractivity contribution >= 4 is 21.8 Å². The van der Waals surface area contributed by atoms with Crippen LogP contribution in [0.4, 0.5) is 0 Å². The van der Waals surface area contributed by atoms with Crippen molar-refractivity contribution in [2.24, 2.45) is 5.73 Å². The zero-order valence-corrected chi connectivity index (χ0v) is 11.1. The molecule has 0 radical (unpaired) electrons. The van der Waals surface area contributed by atoms with Crippen molar-refractivity contribution in [1.82, 2.24) is 5.32 Å². The van der Waals surface area contributed by atoms with Crippen molar-refractivity contribution < 1.29 is 4.79 Å². The van der Waals surface area contributed by atoms with Crippen LogP contribution in [0.25, 0.3) is 0 Å². The molecule has 2 aliphatic carbocycles. The topological polar surface area (TPSA) is 55.1 Å². The molecule has 0 aromatic heterocycles. The van der Waals surface area contributed by atoms with Gasteiger partial charge in [0.05, 0.1) is 0 Å². The van der Waals surface area contributed by atoms with Crippen LogP contribution < -0.4 is 11.1 Å². The summed E-state index contributed by atoms with van der Waals surface area (Å²) in [7, 11) is 0. The van der Waals surface area contributed by atoms with Crippen molar-refractivity contribution in [3.8, 4) is 0 Å². The van der Waals surface area contributed by atoms with Crippen LogP contribution in [0.5, 0.6) is 0 Å². The van der Waals surface area contributed by atoms with Gasteiger partial charge >= 0.3 is 0 Å². The Morgan fingerprint density at radius 1 is 1.47 bits per heavy atom. The van der Waals surface area contributed by atoms with E-state index in [4.69, 9.17) is 5.73 Å². The van der Waals surface area contributed by atoms with E-state index in [0.717, 1.165) is 35.7 Å². The first-order valence-electron chi connectivity index (χ1n) is 5.98. The van der Waals surface area contributed by atoms with E-state index in [2.05, 4.69) is 27.3 Å². The maximum atomic E-state index is 11.9. The van der Waals surface area contributed by atoms with Gasteiger partial charge in [0, 0.05) is 10.5 Å². The molecule has 3 rings (SSSR count). The highest BCUT2D eigenvalue weighted by molar-refractivity contribution is 9.10. The molecule has 0 saturated heterocycles. The fourth-order valence-electron chi connectivity index (χ4n) is 2.70. The minimum atomic E-state index is -0.628. The molecular formula is C13H15BrN2O. The first-order valence-corrected chi connectivity index (χ1v) is 6.78. The third kappa shape index (κ3) is 1.79. The Morgan fingerprint density at radius 3 is 2.88 bits per heavy atom. The molecule has 3 nitrogen and oxygen atoms in total. The number of aryl methyl sites for hydroxylation is 1. The zero-order valence-electron chi connectivity index (χ0n) is 9.50.